The van der Waals surface area contributed by atoms with E-state index in [-0.39, 0.29) is 24.2 Å². The summed E-state index contributed by atoms with van der Waals surface area (Å²) in [6.07, 6.45) is 6.78. The quantitative estimate of drug-likeness (QED) is 0.197. The van der Waals surface area contributed by atoms with Crippen LogP contribution >= 0.6 is 0 Å². The molecule has 2 aromatic carbocycles. The fourth-order valence-electron chi connectivity index (χ4n) is 3.79. The van der Waals surface area contributed by atoms with Crippen LogP contribution in [-0.2, 0) is 4.79 Å². The molecule has 0 saturated heterocycles. The molecule has 3 N–H and O–H groups in total. The molecule has 3 rings (SSSR count). The van der Waals surface area contributed by atoms with Gasteiger partial charge in [0.05, 0.1) is 0 Å². The number of carboxylic acid groups (broad SMARTS) is 1. The summed E-state index contributed by atoms with van der Waals surface area (Å²) < 4.78 is 0. The van der Waals surface area contributed by atoms with Crippen LogP contribution in [0.5, 0.6) is 0 Å². The Morgan fingerprint density at radius 1 is 1.03 bits per heavy atom. The summed E-state index contributed by atoms with van der Waals surface area (Å²) in [5, 5.41) is 20.4. The summed E-state index contributed by atoms with van der Waals surface area (Å²) in [5.74, 6) is -0.899. The molecule has 1 heterocycles. The van der Waals surface area contributed by atoms with Gasteiger partial charge in [-0.25, -0.2) is 0 Å². The maximum atomic E-state index is 12.7. The Balaban J connectivity index is 1.91. The molecule has 0 atom stereocenters. The molecule has 0 bridgehead atoms. The number of nitrogens with zero attached hydrogens (tertiary/aromatic N) is 2. The summed E-state index contributed by atoms with van der Waals surface area (Å²) >= 11 is 0. The Morgan fingerprint density at radius 2 is 1.75 bits per heavy atom. The first kappa shape index (κ1) is 26.3. The third-order valence-corrected chi connectivity index (χ3v) is 5.47. The van der Waals surface area contributed by atoms with Gasteiger partial charge >= 0.3 is 5.97 Å². The number of rotatable bonds is 10. The van der Waals surface area contributed by atoms with Crippen LogP contribution in [-0.4, -0.2) is 34.5 Å². The minimum atomic E-state index is -0.811. The highest BCUT2D eigenvalue weighted by atomic mass is 16.4. The number of hydrogen-bond acceptors (Lipinski definition) is 4. The normalized spacial score (nSPS) is 11.2. The van der Waals surface area contributed by atoms with E-state index in [4.69, 9.17) is 10.5 Å². The highest BCUT2D eigenvalue weighted by Crippen LogP contribution is 2.28. The van der Waals surface area contributed by atoms with Gasteiger partial charge in [-0.15, -0.1) is 0 Å². The van der Waals surface area contributed by atoms with Crippen molar-refractivity contribution >= 4 is 29.1 Å². The number of unbranched alkanes of at least 4 members (excludes halogenated alkanes) is 1. The molecule has 3 aromatic rings. The van der Waals surface area contributed by atoms with Gasteiger partial charge in [0.2, 0.25) is 5.96 Å². The minimum absolute atomic E-state index is 0.00284. The number of carbonyl (C=O) groups is 2. The maximum absolute atomic E-state index is 12.7. The Labute approximate surface area is 212 Å². The van der Waals surface area contributed by atoms with Crippen molar-refractivity contribution in [2.45, 2.75) is 33.1 Å². The molecule has 186 valence electrons. The second-order valence-corrected chi connectivity index (χ2v) is 8.87. The smallest absolute Gasteiger partial charge is 0.303 e. The maximum Gasteiger partial charge on any atom is 0.303 e. The largest absolute Gasteiger partial charge is 0.481 e. The number of guanidine groups is 1. The SMILES string of the molecule is CC(C)CN(C(=N)NC(=O)c1ccccc1)c1cccc(/C(=C\CCCC(=O)O)c2cccnc2)c1. The highest BCUT2D eigenvalue weighted by molar-refractivity contribution is 6.09. The lowest BCUT2D eigenvalue weighted by Gasteiger charge is -2.27. The number of carbonyl (C=O) groups excluding carboxylic acids is 1. The van der Waals surface area contributed by atoms with Crippen LogP contribution in [0.1, 0.15) is 54.6 Å². The van der Waals surface area contributed by atoms with Gasteiger partial charge in [0.25, 0.3) is 5.91 Å². The van der Waals surface area contributed by atoms with E-state index < -0.39 is 5.97 Å². The number of aliphatic carboxylic acids is 1. The van der Waals surface area contributed by atoms with Crippen molar-refractivity contribution in [3.05, 3.63) is 102 Å². The average Bonchev–Trinajstić information content (AvgIpc) is 2.88. The van der Waals surface area contributed by atoms with Gasteiger partial charge in [0.15, 0.2) is 0 Å². The number of anilines is 1. The first-order valence-electron chi connectivity index (χ1n) is 12.0. The number of carboxylic acids is 1. The molecule has 36 heavy (non-hydrogen) atoms. The first-order valence-corrected chi connectivity index (χ1v) is 12.0. The third-order valence-electron chi connectivity index (χ3n) is 5.47. The molecule has 7 nitrogen and oxygen atoms in total. The van der Waals surface area contributed by atoms with Crippen molar-refractivity contribution in [1.29, 1.82) is 5.41 Å². The molecular formula is C29H32N4O3. The molecule has 0 radical (unpaired) electrons. The summed E-state index contributed by atoms with van der Waals surface area (Å²) in [6, 6.07) is 20.5. The zero-order chi connectivity index (χ0) is 25.9. The van der Waals surface area contributed by atoms with Crippen LogP contribution in [0, 0.1) is 11.3 Å². The van der Waals surface area contributed by atoms with E-state index >= 15 is 0 Å². The monoisotopic (exact) mass is 484 g/mol. The van der Waals surface area contributed by atoms with Crippen molar-refractivity contribution in [2.75, 3.05) is 11.4 Å². The average molecular weight is 485 g/mol. The number of amides is 1. The lowest BCUT2D eigenvalue weighted by atomic mass is 9.97. The Bertz CT molecular complexity index is 1210. The van der Waals surface area contributed by atoms with Gasteiger partial charge in [-0.3, -0.25) is 25.3 Å². The van der Waals surface area contributed by atoms with E-state index in [0.29, 0.717) is 24.9 Å². The lowest BCUT2D eigenvalue weighted by Crippen LogP contribution is -2.45. The molecule has 0 unspecified atom stereocenters. The Hall–Kier alpha value is -4.26. The Morgan fingerprint density at radius 3 is 2.42 bits per heavy atom. The van der Waals surface area contributed by atoms with Crippen LogP contribution in [0.25, 0.3) is 5.57 Å². The minimum Gasteiger partial charge on any atom is -0.481 e. The number of hydrogen-bond donors (Lipinski definition) is 3. The molecule has 0 fully saturated rings. The molecule has 0 aliphatic heterocycles. The topological polar surface area (TPSA) is 106 Å². The molecule has 7 heteroatoms. The lowest BCUT2D eigenvalue weighted by molar-refractivity contribution is -0.137. The first-order chi connectivity index (χ1) is 17.3. The van der Waals surface area contributed by atoms with Gasteiger partial charge in [-0.1, -0.05) is 56.3 Å². The van der Waals surface area contributed by atoms with Gasteiger partial charge in [0.1, 0.15) is 0 Å². The standard InChI is InChI=1S/C29H32N4O3/c1-21(2)20-33(29(30)32-28(36)22-10-4-3-5-11-22)25-14-8-12-23(18-25)26(15-6-7-16-27(34)35)24-13-9-17-31-19-24/h3-5,8-15,17-19,21H,6-7,16,20H2,1-2H3,(H,34,35)(H2,30,32,36)/b26-15+. The van der Waals surface area contributed by atoms with Gasteiger partial charge < -0.3 is 10.0 Å². The van der Waals surface area contributed by atoms with Gasteiger partial charge in [-0.2, -0.15) is 0 Å². The van der Waals surface area contributed by atoms with Crippen molar-refractivity contribution in [2.24, 2.45) is 5.92 Å². The van der Waals surface area contributed by atoms with E-state index in [1.54, 1.807) is 41.6 Å². The predicted octanol–water partition coefficient (Wildman–Crippen LogP) is 5.60. The summed E-state index contributed by atoms with van der Waals surface area (Å²) in [7, 11) is 0. The molecule has 0 saturated carbocycles. The number of benzene rings is 2. The van der Waals surface area contributed by atoms with Crippen LogP contribution in [0.4, 0.5) is 5.69 Å². The molecular weight excluding hydrogens is 452 g/mol. The van der Waals surface area contributed by atoms with E-state index in [9.17, 15) is 9.59 Å². The van der Waals surface area contributed by atoms with Crippen molar-refractivity contribution < 1.29 is 14.7 Å². The fraction of sp³-hybridized carbons (Fsp3) is 0.241. The van der Waals surface area contributed by atoms with Crippen LogP contribution in [0.2, 0.25) is 0 Å². The fourth-order valence-corrected chi connectivity index (χ4v) is 3.79. The van der Waals surface area contributed by atoms with Gasteiger partial charge in [0, 0.05) is 42.2 Å². The van der Waals surface area contributed by atoms with Crippen molar-refractivity contribution in [1.82, 2.24) is 10.3 Å². The highest BCUT2D eigenvalue weighted by Gasteiger charge is 2.18. The van der Waals surface area contributed by atoms with Crippen molar-refractivity contribution in [3.8, 4) is 0 Å². The molecule has 1 aromatic heterocycles. The van der Waals surface area contributed by atoms with Crippen LogP contribution in [0.15, 0.2) is 85.2 Å². The molecule has 0 spiro atoms. The van der Waals surface area contributed by atoms with Crippen LogP contribution in [0.3, 0.4) is 0 Å². The summed E-state index contributed by atoms with van der Waals surface area (Å²) in [5.41, 5.74) is 4.06. The summed E-state index contributed by atoms with van der Waals surface area (Å²) in [6.45, 7) is 4.67. The number of allylic oxidation sites excluding steroid dienone is 1. The molecule has 1 amide bonds. The van der Waals surface area contributed by atoms with Crippen molar-refractivity contribution in [3.63, 3.8) is 0 Å². The molecule has 0 aliphatic carbocycles. The Kier molecular flexibility index (Phi) is 9.51. The number of nitrogens with one attached hydrogen (secondary N) is 2. The zero-order valence-corrected chi connectivity index (χ0v) is 20.6. The van der Waals surface area contributed by atoms with E-state index in [0.717, 1.165) is 22.4 Å². The number of pyridine rings is 1. The van der Waals surface area contributed by atoms with E-state index in [1.807, 2.05) is 48.5 Å². The number of aromatic nitrogens is 1. The van der Waals surface area contributed by atoms with E-state index in [2.05, 4.69) is 24.1 Å². The predicted molar refractivity (Wildman–Crippen MR) is 143 cm³/mol. The third kappa shape index (κ3) is 7.63. The molecule has 0 aliphatic rings. The van der Waals surface area contributed by atoms with Gasteiger partial charge in [-0.05, 0) is 60.2 Å². The van der Waals surface area contributed by atoms with Crippen LogP contribution < -0.4 is 10.2 Å². The zero-order valence-electron chi connectivity index (χ0n) is 20.6. The summed E-state index contributed by atoms with van der Waals surface area (Å²) in [4.78, 5) is 29.7. The van der Waals surface area contributed by atoms with E-state index in [1.165, 1.54) is 0 Å². The second kappa shape index (κ2) is 13.0. The second-order valence-electron chi connectivity index (χ2n) is 8.87.